The summed E-state index contributed by atoms with van der Waals surface area (Å²) in [5.74, 6) is 5.56. The Morgan fingerprint density at radius 3 is 1.33 bits per heavy atom. The Balaban J connectivity index is 0.000000155. The minimum absolute atomic E-state index is 0.225. The Hall–Kier alpha value is -8.49. The highest BCUT2D eigenvalue weighted by atomic mass is 35.5. The molecule has 3 aromatic heterocycles. The van der Waals surface area contributed by atoms with Crippen molar-refractivity contribution in [3.8, 4) is 17.2 Å². The average molecular weight is 1490 g/mol. The number of rotatable bonds is 22. The highest BCUT2D eigenvalue weighted by Gasteiger charge is 2.30. The van der Waals surface area contributed by atoms with Gasteiger partial charge in [0.25, 0.3) is 0 Å². The van der Waals surface area contributed by atoms with Crippen LogP contribution in [0.5, 0.6) is 17.2 Å². The normalized spacial score (nSPS) is 16.0. The Labute approximate surface area is 614 Å². The molecule has 13 rings (SSSR count). The molecular weight excluding hydrogens is 1400 g/mol. The van der Waals surface area contributed by atoms with Crippen LogP contribution in [0.1, 0.15) is 49.1 Å². The van der Waals surface area contributed by atoms with Gasteiger partial charge in [-0.3, -0.25) is 0 Å². The van der Waals surface area contributed by atoms with Crippen LogP contribution in [-0.2, 0) is 13.7 Å². The molecule has 7 N–H and O–H groups in total. The van der Waals surface area contributed by atoms with E-state index in [-0.39, 0.29) is 12.2 Å². The molecule has 28 heteroatoms. The second-order valence-electron chi connectivity index (χ2n) is 27.5. The Morgan fingerprint density at radius 2 is 0.893 bits per heavy atom. The molecule has 0 spiro atoms. The molecule has 0 amide bonds. The standard InChI is InChI=1S/C27H35N6O2P.C24H29ClN5O3P.C24H29ClN5O2P/c1-32-13-15-33(16-14-32)20-11-12-22(24(17-20)35-2)30-27-28-18-21(19-9-10-19)26(31-27)29-23-7-5-6-8-25(23)36(3,4)34;1-33-21-14-16(30-12-10-17(31)11-13-30)8-9-19(21)28-24-26-15-18(25)23(29-24)27-20-6-4-5-7-22(20)34(2,3)32;1-16-13-17(32-18-11-12-30(2)15-18)9-10-20(16)28-24-26-14-19(25)23(29-24)27-21-7-5-6-8-22(21)33(3,4)31/h5-8,11-12,17-19H,9-10,13-16H2,1-4H3,(H2,28,29,30,31);4-9,14-15,17,31H,10-13H2,1-3H3,(H2,26,27,28,29);5-10,13-14,18H,11-12,15H2,1-4H3,(H2,26,27,28,29). The maximum Gasteiger partial charge on any atom is 0.229 e. The van der Waals surface area contributed by atoms with Gasteiger partial charge in [-0.25, -0.2) is 15.0 Å². The number of hydrogen-bond donors (Lipinski definition) is 7. The van der Waals surface area contributed by atoms with Crippen molar-refractivity contribution in [3.63, 3.8) is 0 Å². The van der Waals surface area contributed by atoms with E-state index in [9.17, 15) is 18.8 Å². The molecule has 0 bridgehead atoms. The summed E-state index contributed by atoms with van der Waals surface area (Å²) >= 11 is 12.7. The second kappa shape index (κ2) is 33.5. The topological polar surface area (TPSA) is 262 Å². The van der Waals surface area contributed by atoms with Crippen LogP contribution in [0.15, 0.2) is 146 Å². The summed E-state index contributed by atoms with van der Waals surface area (Å²) in [6.07, 6.45) is 9.78. The molecule has 4 aliphatic rings. The third-order valence-electron chi connectivity index (χ3n) is 18.2. The zero-order valence-corrected chi connectivity index (χ0v) is 64.4. The van der Waals surface area contributed by atoms with Crippen LogP contribution < -0.4 is 71.8 Å². The van der Waals surface area contributed by atoms with Crippen molar-refractivity contribution in [3.05, 3.63) is 167 Å². The van der Waals surface area contributed by atoms with Crippen LogP contribution in [0.4, 0.5) is 80.8 Å². The fourth-order valence-electron chi connectivity index (χ4n) is 12.3. The molecule has 4 fully saturated rings. The number of anilines is 14. The van der Waals surface area contributed by atoms with Gasteiger partial charge in [0.15, 0.2) is 11.6 Å². The lowest BCUT2D eigenvalue weighted by Crippen LogP contribution is -2.44. The maximum absolute atomic E-state index is 12.9. The van der Waals surface area contributed by atoms with Crippen molar-refractivity contribution in [2.75, 3.05) is 162 Å². The van der Waals surface area contributed by atoms with Crippen molar-refractivity contribution in [1.82, 2.24) is 39.7 Å². The van der Waals surface area contributed by atoms with Gasteiger partial charge in [-0.15, -0.1) is 0 Å². The lowest BCUT2D eigenvalue weighted by Gasteiger charge is -2.34. The molecular formula is C75H93Cl2N16O7P3. The van der Waals surface area contributed by atoms with E-state index in [0.717, 1.165) is 157 Å². The first kappa shape index (κ1) is 75.7. The van der Waals surface area contributed by atoms with Crippen LogP contribution in [0, 0.1) is 6.92 Å². The summed E-state index contributed by atoms with van der Waals surface area (Å²) in [7, 11) is 0.124. The number of likely N-dealkylation sites (N-methyl/N-ethyl adjacent to an activating group) is 2. The molecule has 9 aromatic rings. The fourth-order valence-corrected chi connectivity index (χ4v) is 16.1. The Kier molecular flexibility index (Phi) is 24.6. The summed E-state index contributed by atoms with van der Waals surface area (Å²) in [5.41, 5.74) is 8.94. The summed E-state index contributed by atoms with van der Waals surface area (Å²) in [6.45, 7) is 20.2. The number of nitrogens with one attached hydrogen (secondary N) is 6. The third kappa shape index (κ3) is 20.3. The molecule has 1 unspecified atom stereocenters. The maximum atomic E-state index is 12.9. The minimum Gasteiger partial charge on any atom is -0.494 e. The number of para-hydroxylation sites is 3. The van der Waals surface area contributed by atoms with Crippen LogP contribution in [0.25, 0.3) is 0 Å². The predicted molar refractivity (Wildman–Crippen MR) is 425 cm³/mol. The Morgan fingerprint density at radius 1 is 0.466 bits per heavy atom. The van der Waals surface area contributed by atoms with Gasteiger partial charge < -0.3 is 84.5 Å². The van der Waals surface area contributed by atoms with Crippen LogP contribution >= 0.6 is 44.6 Å². The first-order valence-corrected chi connectivity index (χ1v) is 43.0. The lowest BCUT2D eigenvalue weighted by molar-refractivity contribution is 0.145. The molecule has 6 heterocycles. The number of nitrogens with zero attached hydrogens (tertiary/aromatic N) is 10. The summed E-state index contributed by atoms with van der Waals surface area (Å²) in [4.78, 5) is 36.4. The Bertz CT molecular complexity index is 4600. The largest absolute Gasteiger partial charge is 0.494 e. The van der Waals surface area contributed by atoms with E-state index in [1.807, 2.05) is 128 Å². The van der Waals surface area contributed by atoms with E-state index < -0.39 is 21.4 Å². The van der Waals surface area contributed by atoms with Crippen molar-refractivity contribution in [2.45, 2.75) is 57.2 Å². The van der Waals surface area contributed by atoms with Crippen molar-refractivity contribution in [1.29, 1.82) is 0 Å². The van der Waals surface area contributed by atoms with E-state index in [4.69, 9.17) is 42.4 Å². The van der Waals surface area contributed by atoms with Gasteiger partial charge in [-0.1, -0.05) is 59.6 Å². The fraction of sp³-hybridized carbons (Fsp3) is 0.360. The van der Waals surface area contributed by atoms with Gasteiger partial charge in [-0.05, 0) is 183 Å². The number of benzene rings is 6. The molecule has 6 aromatic carbocycles. The van der Waals surface area contributed by atoms with Gasteiger partial charge in [0, 0.05) is 109 Å². The quantitative estimate of drug-likeness (QED) is 0.0311. The number of likely N-dealkylation sites (tertiary alicyclic amines) is 1. The summed E-state index contributed by atoms with van der Waals surface area (Å²) < 4.78 is 55.7. The van der Waals surface area contributed by atoms with Gasteiger partial charge >= 0.3 is 0 Å². The molecule has 544 valence electrons. The number of aryl methyl sites for hydroxylation is 1. The molecule has 1 saturated carbocycles. The number of halogens is 2. The summed E-state index contributed by atoms with van der Waals surface area (Å²) in [6, 6.07) is 40.7. The van der Waals surface area contributed by atoms with E-state index in [1.54, 1.807) is 60.4 Å². The predicted octanol–water partition coefficient (Wildman–Crippen LogP) is 14.9. The average Bonchev–Trinajstić information content (AvgIpc) is 1.78. The number of hydrogen-bond acceptors (Lipinski definition) is 23. The minimum atomic E-state index is -2.50. The SMILES string of the molecule is COc1cc(N2CCC(O)CC2)ccc1Nc1ncc(Cl)c(Nc2ccccc2P(C)(C)=O)n1.COc1cc(N2CCN(C)CC2)ccc1Nc1ncc(C2CC2)c(Nc2ccccc2P(C)(C)=O)n1.Cc1cc(OC2CCN(C)C2)ccc1Nc1ncc(Cl)c(Nc2ccccc2P(C)(C)=O)n1. The van der Waals surface area contributed by atoms with E-state index in [1.165, 1.54) is 6.20 Å². The van der Waals surface area contributed by atoms with Crippen LogP contribution in [0.3, 0.4) is 0 Å². The van der Waals surface area contributed by atoms with Crippen molar-refractivity contribution in [2.24, 2.45) is 0 Å². The molecule has 23 nitrogen and oxygen atoms in total. The number of aromatic nitrogens is 6. The number of methoxy groups -OCH3 is 2. The molecule has 3 saturated heterocycles. The number of ether oxygens (including phenoxy) is 3. The molecule has 103 heavy (non-hydrogen) atoms. The van der Waals surface area contributed by atoms with Crippen LogP contribution in [0.2, 0.25) is 10.0 Å². The zero-order chi connectivity index (χ0) is 73.2. The smallest absolute Gasteiger partial charge is 0.229 e. The van der Waals surface area contributed by atoms with E-state index in [2.05, 4.69) is 103 Å². The van der Waals surface area contributed by atoms with Gasteiger partial charge in [-0.2, -0.15) is 15.0 Å². The van der Waals surface area contributed by atoms with Gasteiger partial charge in [0.05, 0.1) is 61.2 Å². The van der Waals surface area contributed by atoms with Crippen molar-refractivity contribution < 1.29 is 33.0 Å². The van der Waals surface area contributed by atoms with E-state index in [0.29, 0.717) is 68.3 Å². The monoisotopic (exact) mass is 1490 g/mol. The number of piperidine rings is 1. The van der Waals surface area contributed by atoms with E-state index >= 15 is 0 Å². The molecule has 0 radical (unpaired) electrons. The molecule has 1 aliphatic carbocycles. The van der Waals surface area contributed by atoms with Gasteiger partial charge in [0.2, 0.25) is 17.8 Å². The van der Waals surface area contributed by atoms with Crippen molar-refractivity contribution >= 4 is 141 Å². The number of aliphatic hydroxyl groups is 1. The first-order chi connectivity index (χ1) is 49.2. The molecule has 1 atom stereocenters. The highest BCUT2D eigenvalue weighted by Crippen LogP contribution is 2.46. The second-order valence-corrected chi connectivity index (χ2v) is 37.8. The lowest BCUT2D eigenvalue weighted by atomic mass is 10.1. The summed E-state index contributed by atoms with van der Waals surface area (Å²) in [5, 5.41) is 32.5. The first-order valence-electron chi connectivity index (χ1n) is 34.4. The third-order valence-corrected chi connectivity index (χ3v) is 23.4. The molecule has 3 aliphatic heterocycles. The van der Waals surface area contributed by atoms with Gasteiger partial charge in [0.1, 0.15) is 60.6 Å². The van der Waals surface area contributed by atoms with Crippen LogP contribution in [-0.4, -0.2) is 178 Å². The zero-order valence-electron chi connectivity index (χ0n) is 60.2. The number of aliphatic hydroxyl groups excluding tert-OH is 1. The number of piperazine rings is 1. The highest BCUT2D eigenvalue weighted by molar-refractivity contribution is 7.71.